The second-order valence-corrected chi connectivity index (χ2v) is 5.06. The molecule has 0 aliphatic heterocycles. The highest BCUT2D eigenvalue weighted by molar-refractivity contribution is 6.68. The van der Waals surface area contributed by atoms with E-state index in [9.17, 15) is 0 Å². The minimum absolute atomic E-state index is 0.180. The molecule has 0 heterocycles. The van der Waals surface area contributed by atoms with Crippen molar-refractivity contribution in [3.63, 3.8) is 0 Å². The van der Waals surface area contributed by atoms with Crippen LogP contribution in [0.3, 0.4) is 0 Å². The number of aliphatic hydroxyl groups is 1. The molecule has 1 aromatic rings. The summed E-state index contributed by atoms with van der Waals surface area (Å²) in [4.78, 5) is 0. The molecule has 0 aromatic heterocycles. The molecule has 0 amide bonds. The zero-order chi connectivity index (χ0) is 9.90. The number of rotatable bonds is 2. The first-order valence-electron chi connectivity index (χ1n) is 3.78. The van der Waals surface area contributed by atoms with Crippen molar-refractivity contribution in [3.8, 4) is 0 Å². The van der Waals surface area contributed by atoms with Gasteiger partial charge in [0.05, 0.1) is 12.5 Å². The van der Waals surface area contributed by atoms with E-state index in [1.807, 2.05) is 30.3 Å². The third kappa shape index (κ3) is 3.03. The zero-order valence-electron chi connectivity index (χ0n) is 6.75. The molecular weight excluding hydrogens is 230 g/mol. The molecule has 1 unspecified atom stereocenters. The Morgan fingerprint density at radius 1 is 1.15 bits per heavy atom. The number of aliphatic hydroxyl groups excluding tert-OH is 1. The Bertz CT molecular complexity index is 255. The molecule has 1 N–H and O–H groups in total. The van der Waals surface area contributed by atoms with Gasteiger partial charge in [-0.25, -0.2) is 0 Å². The van der Waals surface area contributed by atoms with E-state index in [1.54, 1.807) is 0 Å². The fourth-order valence-electron chi connectivity index (χ4n) is 1.08. The van der Waals surface area contributed by atoms with Crippen LogP contribution >= 0.6 is 34.8 Å². The van der Waals surface area contributed by atoms with Crippen molar-refractivity contribution in [2.24, 2.45) is 0 Å². The van der Waals surface area contributed by atoms with E-state index in [2.05, 4.69) is 0 Å². The van der Waals surface area contributed by atoms with Gasteiger partial charge in [0.2, 0.25) is 0 Å². The van der Waals surface area contributed by atoms with Crippen molar-refractivity contribution < 1.29 is 5.11 Å². The van der Waals surface area contributed by atoms with Crippen molar-refractivity contribution in [2.45, 2.75) is 9.71 Å². The summed E-state index contributed by atoms with van der Waals surface area (Å²) in [5.74, 6) is -0.473. The highest BCUT2D eigenvalue weighted by atomic mass is 35.6. The molecule has 4 heteroatoms. The predicted molar refractivity (Wildman–Crippen MR) is 56.6 cm³/mol. The van der Waals surface area contributed by atoms with Gasteiger partial charge in [0, 0.05) is 0 Å². The minimum Gasteiger partial charge on any atom is -0.396 e. The van der Waals surface area contributed by atoms with Crippen LogP contribution in [0.4, 0.5) is 0 Å². The first kappa shape index (κ1) is 11.1. The molecule has 1 nitrogen and oxygen atoms in total. The summed E-state index contributed by atoms with van der Waals surface area (Å²) < 4.78 is -1.46. The topological polar surface area (TPSA) is 20.2 Å². The van der Waals surface area contributed by atoms with Crippen LogP contribution in [-0.2, 0) is 0 Å². The summed E-state index contributed by atoms with van der Waals surface area (Å²) in [6, 6.07) is 9.20. The maximum atomic E-state index is 9.06. The lowest BCUT2D eigenvalue weighted by molar-refractivity contribution is 0.266. The molecule has 72 valence electrons. The Labute approximate surface area is 92.2 Å². The van der Waals surface area contributed by atoms with Gasteiger partial charge in [-0.05, 0) is 5.56 Å². The van der Waals surface area contributed by atoms with Crippen LogP contribution in [0.2, 0.25) is 0 Å². The Balaban J connectivity index is 2.92. The molecule has 0 saturated carbocycles. The van der Waals surface area contributed by atoms with Gasteiger partial charge in [-0.15, -0.1) is 0 Å². The van der Waals surface area contributed by atoms with E-state index in [-0.39, 0.29) is 6.61 Å². The number of halogens is 3. The van der Waals surface area contributed by atoms with Crippen LogP contribution in [0.5, 0.6) is 0 Å². The van der Waals surface area contributed by atoms with Crippen molar-refractivity contribution in [3.05, 3.63) is 35.9 Å². The van der Waals surface area contributed by atoms with Gasteiger partial charge < -0.3 is 5.11 Å². The van der Waals surface area contributed by atoms with E-state index in [0.717, 1.165) is 5.56 Å². The first-order chi connectivity index (χ1) is 6.05. The average Bonchev–Trinajstić information content (AvgIpc) is 2.05. The number of hydrogen-bond acceptors (Lipinski definition) is 1. The van der Waals surface area contributed by atoms with Gasteiger partial charge in [0.25, 0.3) is 0 Å². The summed E-state index contributed by atoms with van der Waals surface area (Å²) >= 11 is 17.1. The highest BCUT2D eigenvalue weighted by Crippen LogP contribution is 2.40. The van der Waals surface area contributed by atoms with Crippen LogP contribution < -0.4 is 0 Å². The normalized spacial score (nSPS) is 14.2. The van der Waals surface area contributed by atoms with E-state index >= 15 is 0 Å². The van der Waals surface area contributed by atoms with Crippen molar-refractivity contribution in [1.29, 1.82) is 0 Å². The second-order valence-electron chi connectivity index (χ2n) is 2.69. The summed E-state index contributed by atoms with van der Waals surface area (Å²) in [7, 11) is 0. The summed E-state index contributed by atoms with van der Waals surface area (Å²) in [5, 5.41) is 9.06. The SMILES string of the molecule is OCC(c1ccccc1)C(Cl)(Cl)Cl. The molecule has 0 bridgehead atoms. The summed E-state index contributed by atoms with van der Waals surface area (Å²) in [6.07, 6.45) is 0. The average molecular weight is 240 g/mol. The second kappa shape index (κ2) is 4.52. The Morgan fingerprint density at radius 3 is 2.08 bits per heavy atom. The number of benzene rings is 1. The van der Waals surface area contributed by atoms with Gasteiger partial charge >= 0.3 is 0 Å². The lowest BCUT2D eigenvalue weighted by atomic mass is 10.0. The number of alkyl halides is 3. The van der Waals surface area contributed by atoms with E-state index in [4.69, 9.17) is 39.9 Å². The quantitative estimate of drug-likeness (QED) is 0.786. The lowest BCUT2D eigenvalue weighted by Crippen LogP contribution is -2.20. The maximum Gasteiger partial charge on any atom is 0.199 e. The summed E-state index contributed by atoms with van der Waals surface area (Å²) in [6.45, 7) is -0.180. The van der Waals surface area contributed by atoms with Crippen molar-refractivity contribution in [1.82, 2.24) is 0 Å². The third-order valence-corrected chi connectivity index (χ3v) is 2.57. The third-order valence-electron chi connectivity index (χ3n) is 1.78. The molecule has 1 aromatic carbocycles. The van der Waals surface area contributed by atoms with Gasteiger partial charge in [0.15, 0.2) is 3.79 Å². The van der Waals surface area contributed by atoms with E-state index in [0.29, 0.717) is 0 Å². The lowest BCUT2D eigenvalue weighted by Gasteiger charge is -2.22. The Morgan fingerprint density at radius 2 is 1.69 bits per heavy atom. The number of hydrogen-bond donors (Lipinski definition) is 1. The molecule has 0 radical (unpaired) electrons. The fourth-order valence-corrected chi connectivity index (χ4v) is 1.67. The molecule has 1 atom stereocenters. The van der Waals surface area contributed by atoms with E-state index in [1.165, 1.54) is 0 Å². The first-order valence-corrected chi connectivity index (χ1v) is 4.91. The standard InChI is InChI=1S/C9H9Cl3O/c10-9(11,12)8(6-13)7-4-2-1-3-5-7/h1-5,8,13H,6H2. The van der Waals surface area contributed by atoms with Gasteiger partial charge in [0.1, 0.15) is 0 Å². The van der Waals surface area contributed by atoms with Crippen molar-refractivity contribution in [2.75, 3.05) is 6.61 Å². The largest absolute Gasteiger partial charge is 0.396 e. The Hall–Kier alpha value is 0.0500. The molecule has 0 spiro atoms. The molecular formula is C9H9Cl3O. The maximum absolute atomic E-state index is 9.06. The predicted octanol–water partition coefficient (Wildman–Crippen LogP) is 3.13. The van der Waals surface area contributed by atoms with E-state index < -0.39 is 9.71 Å². The Kier molecular flexibility index (Phi) is 3.87. The van der Waals surface area contributed by atoms with Crippen LogP contribution in [0.15, 0.2) is 30.3 Å². The van der Waals surface area contributed by atoms with Crippen LogP contribution in [-0.4, -0.2) is 15.5 Å². The van der Waals surface area contributed by atoms with Crippen LogP contribution in [0.1, 0.15) is 11.5 Å². The fraction of sp³-hybridized carbons (Fsp3) is 0.333. The highest BCUT2D eigenvalue weighted by Gasteiger charge is 2.32. The van der Waals surface area contributed by atoms with Gasteiger partial charge in [-0.2, -0.15) is 0 Å². The zero-order valence-corrected chi connectivity index (χ0v) is 9.02. The molecule has 0 saturated heterocycles. The molecule has 1 rings (SSSR count). The smallest absolute Gasteiger partial charge is 0.199 e. The van der Waals surface area contributed by atoms with Crippen LogP contribution in [0, 0.1) is 0 Å². The van der Waals surface area contributed by atoms with Gasteiger partial charge in [-0.3, -0.25) is 0 Å². The van der Waals surface area contributed by atoms with Crippen molar-refractivity contribution >= 4 is 34.8 Å². The molecule has 13 heavy (non-hydrogen) atoms. The summed E-state index contributed by atoms with van der Waals surface area (Å²) in [5.41, 5.74) is 0.824. The molecule has 0 aliphatic carbocycles. The minimum atomic E-state index is -1.46. The van der Waals surface area contributed by atoms with Gasteiger partial charge in [-0.1, -0.05) is 65.1 Å². The van der Waals surface area contributed by atoms with Crippen LogP contribution in [0.25, 0.3) is 0 Å². The molecule has 0 aliphatic rings. The monoisotopic (exact) mass is 238 g/mol. The molecule has 0 fully saturated rings.